The van der Waals surface area contributed by atoms with Crippen LogP contribution in [0.5, 0.6) is 0 Å². The number of aromatic amines is 1. The zero-order valence-corrected chi connectivity index (χ0v) is 12.7. The van der Waals surface area contributed by atoms with Gasteiger partial charge in [0.2, 0.25) is 0 Å². The van der Waals surface area contributed by atoms with Gasteiger partial charge in [0.05, 0.1) is 5.56 Å². The maximum Gasteiger partial charge on any atom is 0.416 e. The third-order valence-electron chi connectivity index (χ3n) is 4.38. The first kappa shape index (κ1) is 15.9. The molecule has 1 aliphatic rings. The van der Waals surface area contributed by atoms with Gasteiger partial charge in [-0.25, -0.2) is 0 Å². The van der Waals surface area contributed by atoms with Crippen LogP contribution in [0.3, 0.4) is 0 Å². The Labute approximate surface area is 132 Å². The van der Waals surface area contributed by atoms with Gasteiger partial charge in [-0.2, -0.15) is 13.2 Å². The lowest BCUT2D eigenvalue weighted by Gasteiger charge is -2.15. The van der Waals surface area contributed by atoms with Crippen LogP contribution >= 0.6 is 0 Å². The molecule has 1 fully saturated rings. The molecular weight excluding hydrogens is 305 g/mol. The molecule has 0 spiro atoms. The second kappa shape index (κ2) is 6.26. The topological polar surface area (TPSA) is 44.9 Å². The van der Waals surface area contributed by atoms with Gasteiger partial charge in [-0.05, 0) is 31.0 Å². The van der Waals surface area contributed by atoms with Gasteiger partial charge in [0.25, 0.3) is 5.91 Å². The van der Waals surface area contributed by atoms with Gasteiger partial charge in [0.15, 0.2) is 0 Å². The molecule has 2 N–H and O–H groups in total. The number of aromatic nitrogens is 1. The van der Waals surface area contributed by atoms with Crippen molar-refractivity contribution in [3.05, 3.63) is 35.5 Å². The molecular formula is C17H19F3N2O. The van der Waals surface area contributed by atoms with Crippen molar-refractivity contribution in [1.29, 1.82) is 0 Å². The number of benzene rings is 1. The Morgan fingerprint density at radius 3 is 2.43 bits per heavy atom. The predicted octanol–water partition coefficient (Wildman–Crippen LogP) is 4.64. The Balaban J connectivity index is 1.78. The fraction of sp³-hybridized carbons (Fsp3) is 0.471. The Bertz CT molecular complexity index is 697. The van der Waals surface area contributed by atoms with E-state index in [4.69, 9.17) is 0 Å². The van der Waals surface area contributed by atoms with Gasteiger partial charge in [-0.15, -0.1) is 0 Å². The summed E-state index contributed by atoms with van der Waals surface area (Å²) in [7, 11) is 0. The molecule has 6 heteroatoms. The third kappa shape index (κ3) is 3.68. The third-order valence-corrected chi connectivity index (χ3v) is 4.38. The molecule has 3 rings (SSSR count). The number of carbonyl (C=O) groups is 1. The molecule has 1 amide bonds. The fourth-order valence-electron chi connectivity index (χ4n) is 3.11. The van der Waals surface area contributed by atoms with E-state index in [-0.39, 0.29) is 11.9 Å². The van der Waals surface area contributed by atoms with Crippen LogP contribution in [0.15, 0.2) is 24.3 Å². The SMILES string of the molecule is O=C(NC1CCCCCC1)c1cc2ccc(C(F)(F)F)cc2[nH]1. The number of rotatable bonds is 2. The maximum atomic E-state index is 12.7. The Morgan fingerprint density at radius 1 is 1.09 bits per heavy atom. The number of hydrogen-bond acceptors (Lipinski definition) is 1. The van der Waals surface area contributed by atoms with Gasteiger partial charge in [0.1, 0.15) is 5.69 Å². The number of alkyl halides is 3. The highest BCUT2D eigenvalue weighted by Gasteiger charge is 2.30. The summed E-state index contributed by atoms with van der Waals surface area (Å²) in [5.41, 5.74) is -0.0861. The number of H-pyrrole nitrogens is 1. The molecule has 23 heavy (non-hydrogen) atoms. The average Bonchev–Trinajstić information content (AvgIpc) is 2.76. The Morgan fingerprint density at radius 2 is 1.78 bits per heavy atom. The molecule has 0 aliphatic heterocycles. The standard InChI is InChI=1S/C17H19F3N2O/c18-17(19,20)12-8-7-11-9-15(22-14(11)10-12)16(23)21-13-5-3-1-2-4-6-13/h7-10,13,22H,1-6H2,(H,21,23). The molecule has 1 aliphatic carbocycles. The number of carbonyl (C=O) groups excluding carboxylic acids is 1. The second-order valence-electron chi connectivity index (χ2n) is 6.14. The summed E-state index contributed by atoms with van der Waals surface area (Å²) in [4.78, 5) is 15.1. The summed E-state index contributed by atoms with van der Waals surface area (Å²) in [6.07, 6.45) is 2.13. The molecule has 0 saturated heterocycles. The lowest BCUT2D eigenvalue weighted by atomic mass is 10.1. The van der Waals surface area contributed by atoms with Crippen LogP contribution in [0.4, 0.5) is 13.2 Å². The Kier molecular flexibility index (Phi) is 4.33. The molecule has 1 aromatic heterocycles. The number of fused-ring (bicyclic) bond motifs is 1. The van der Waals surface area contributed by atoms with E-state index in [1.807, 2.05) is 0 Å². The highest BCUT2D eigenvalue weighted by atomic mass is 19.4. The molecule has 0 atom stereocenters. The lowest BCUT2D eigenvalue weighted by Crippen LogP contribution is -2.34. The van der Waals surface area contributed by atoms with Crippen LogP contribution in [0, 0.1) is 0 Å². The fourth-order valence-corrected chi connectivity index (χ4v) is 3.11. The molecule has 3 nitrogen and oxygen atoms in total. The smallest absolute Gasteiger partial charge is 0.351 e. The minimum atomic E-state index is -4.39. The van der Waals surface area contributed by atoms with E-state index in [0.29, 0.717) is 16.6 Å². The van der Waals surface area contributed by atoms with Gasteiger partial charge in [-0.3, -0.25) is 4.79 Å². The number of halogens is 3. The van der Waals surface area contributed by atoms with Crippen molar-refractivity contribution in [2.75, 3.05) is 0 Å². The van der Waals surface area contributed by atoms with E-state index >= 15 is 0 Å². The first-order chi connectivity index (χ1) is 10.9. The normalized spacial score (nSPS) is 17.2. The van der Waals surface area contributed by atoms with Crippen LogP contribution in [-0.2, 0) is 6.18 Å². The molecule has 0 unspecified atom stereocenters. The van der Waals surface area contributed by atoms with Crippen LogP contribution in [0.2, 0.25) is 0 Å². The van der Waals surface area contributed by atoms with E-state index in [2.05, 4.69) is 10.3 Å². The van der Waals surface area contributed by atoms with Crippen molar-refractivity contribution in [1.82, 2.24) is 10.3 Å². The first-order valence-electron chi connectivity index (χ1n) is 7.94. The van der Waals surface area contributed by atoms with Crippen molar-refractivity contribution in [3.63, 3.8) is 0 Å². The van der Waals surface area contributed by atoms with Gasteiger partial charge in [0, 0.05) is 16.9 Å². The van der Waals surface area contributed by atoms with Crippen molar-refractivity contribution in [2.24, 2.45) is 0 Å². The number of nitrogens with one attached hydrogen (secondary N) is 2. The van der Waals surface area contributed by atoms with Crippen molar-refractivity contribution < 1.29 is 18.0 Å². The van der Waals surface area contributed by atoms with Crippen LogP contribution in [0.1, 0.15) is 54.6 Å². The molecule has 1 saturated carbocycles. The number of hydrogen-bond donors (Lipinski definition) is 2. The summed E-state index contributed by atoms with van der Waals surface area (Å²) < 4.78 is 38.2. The molecule has 0 bridgehead atoms. The van der Waals surface area contributed by atoms with Crippen molar-refractivity contribution in [2.45, 2.75) is 50.7 Å². The first-order valence-corrected chi connectivity index (χ1v) is 7.94. The van der Waals surface area contributed by atoms with Crippen LogP contribution in [-0.4, -0.2) is 16.9 Å². The zero-order chi connectivity index (χ0) is 16.4. The van der Waals surface area contributed by atoms with Crippen molar-refractivity contribution >= 4 is 16.8 Å². The van der Waals surface area contributed by atoms with Gasteiger partial charge < -0.3 is 10.3 Å². The van der Waals surface area contributed by atoms with E-state index in [9.17, 15) is 18.0 Å². The summed E-state index contributed by atoms with van der Waals surface area (Å²) in [5, 5.41) is 3.59. The van der Waals surface area contributed by atoms with E-state index in [1.54, 1.807) is 6.07 Å². The van der Waals surface area contributed by atoms with Gasteiger partial charge >= 0.3 is 6.18 Å². The molecule has 0 radical (unpaired) electrons. The maximum absolute atomic E-state index is 12.7. The van der Waals surface area contributed by atoms with E-state index in [0.717, 1.165) is 37.8 Å². The predicted molar refractivity (Wildman–Crippen MR) is 82.3 cm³/mol. The number of amides is 1. The minimum absolute atomic E-state index is 0.155. The molecule has 124 valence electrons. The van der Waals surface area contributed by atoms with E-state index < -0.39 is 11.7 Å². The van der Waals surface area contributed by atoms with Crippen LogP contribution < -0.4 is 5.32 Å². The average molecular weight is 324 g/mol. The highest BCUT2D eigenvalue weighted by Crippen LogP contribution is 2.31. The summed E-state index contributed by atoms with van der Waals surface area (Å²) >= 11 is 0. The largest absolute Gasteiger partial charge is 0.416 e. The second-order valence-corrected chi connectivity index (χ2v) is 6.14. The molecule has 1 aromatic carbocycles. The highest BCUT2D eigenvalue weighted by molar-refractivity contribution is 5.98. The molecule has 2 aromatic rings. The summed E-state index contributed by atoms with van der Waals surface area (Å²) in [6.45, 7) is 0. The summed E-state index contributed by atoms with van der Waals surface area (Å²) in [5.74, 6) is -0.248. The molecule has 1 heterocycles. The monoisotopic (exact) mass is 324 g/mol. The quantitative estimate of drug-likeness (QED) is 0.777. The summed E-state index contributed by atoms with van der Waals surface area (Å²) in [6, 6.07) is 5.21. The minimum Gasteiger partial charge on any atom is -0.351 e. The van der Waals surface area contributed by atoms with Crippen molar-refractivity contribution in [3.8, 4) is 0 Å². The van der Waals surface area contributed by atoms with E-state index in [1.165, 1.54) is 18.9 Å². The zero-order valence-electron chi connectivity index (χ0n) is 12.7. The lowest BCUT2D eigenvalue weighted by molar-refractivity contribution is -0.137. The Hall–Kier alpha value is -1.98. The van der Waals surface area contributed by atoms with Gasteiger partial charge in [-0.1, -0.05) is 31.7 Å². The van der Waals surface area contributed by atoms with Crippen LogP contribution in [0.25, 0.3) is 10.9 Å².